The Kier molecular flexibility index (Phi) is 6.39. The number of fused-ring (bicyclic) bond motifs is 8. The molecule has 3 aromatic heterocycles. The molecule has 1 aliphatic carbocycles. The van der Waals surface area contributed by atoms with Crippen LogP contribution in [0.3, 0.4) is 0 Å². The quantitative estimate of drug-likeness (QED) is 0.189. The fourth-order valence-electron chi connectivity index (χ4n) is 7.81. The second-order valence-electron chi connectivity index (χ2n) is 13.6. The predicted molar refractivity (Wildman–Crippen MR) is 210 cm³/mol. The molecule has 6 aromatic carbocycles. The Bertz CT molecular complexity index is 2790. The molecule has 0 fully saturated rings. The Labute approximate surface area is 294 Å². The van der Waals surface area contributed by atoms with E-state index in [2.05, 4.69) is 147 Å². The molecule has 1 aliphatic rings. The third-order valence-electron chi connectivity index (χ3n) is 10.3. The summed E-state index contributed by atoms with van der Waals surface area (Å²) in [4.78, 5) is 16.7. The van der Waals surface area contributed by atoms with E-state index in [0.29, 0.717) is 5.82 Å². The van der Waals surface area contributed by atoms with Gasteiger partial charge in [-0.2, -0.15) is 0 Å². The lowest BCUT2D eigenvalue weighted by molar-refractivity contribution is 0.660. The first-order valence-corrected chi connectivity index (χ1v) is 17.8. The van der Waals surface area contributed by atoms with Gasteiger partial charge in [-0.25, -0.2) is 15.0 Å². The lowest BCUT2D eigenvalue weighted by atomic mass is 9.82. The summed E-state index contributed by atoms with van der Waals surface area (Å²) in [5.74, 6) is 0.710. The van der Waals surface area contributed by atoms with Crippen LogP contribution in [0.1, 0.15) is 25.0 Å². The van der Waals surface area contributed by atoms with E-state index in [9.17, 15) is 0 Å². The Balaban J connectivity index is 1.14. The highest BCUT2D eigenvalue weighted by atomic mass is 32.1. The van der Waals surface area contributed by atoms with E-state index in [1.807, 2.05) is 18.2 Å². The van der Waals surface area contributed by atoms with Crippen LogP contribution >= 0.6 is 11.3 Å². The standard InChI is InChI=1S/C46H31N3S/c1-46(2)37-21-10-8-17-32(37)33-24-23-30(26-38(33)46)40-27-39(47-44(48-40)28-13-4-3-5-14-28)29-15-12-16-31(25-29)43-35-19-7-6-18-34(35)42-36-20-9-11-22-41(36)50-45(42)49-43/h3-27H,1-2H3. The molecule has 0 unspecified atom stereocenters. The van der Waals surface area contributed by atoms with Crippen LogP contribution in [0.2, 0.25) is 0 Å². The molecule has 3 nitrogen and oxygen atoms in total. The van der Waals surface area contributed by atoms with Crippen molar-refractivity contribution < 1.29 is 0 Å². The number of hydrogen-bond donors (Lipinski definition) is 0. The van der Waals surface area contributed by atoms with Crippen LogP contribution < -0.4 is 0 Å². The second-order valence-corrected chi connectivity index (χ2v) is 14.7. The third kappa shape index (κ3) is 4.45. The van der Waals surface area contributed by atoms with E-state index in [0.717, 1.165) is 49.6 Å². The Hall–Kier alpha value is -5.97. The van der Waals surface area contributed by atoms with Gasteiger partial charge < -0.3 is 0 Å². The second kappa shape index (κ2) is 11.0. The molecular weight excluding hydrogens is 627 g/mol. The summed E-state index contributed by atoms with van der Waals surface area (Å²) in [5.41, 5.74) is 12.2. The summed E-state index contributed by atoms with van der Waals surface area (Å²) in [5, 5.41) is 4.87. The van der Waals surface area contributed by atoms with E-state index in [4.69, 9.17) is 15.0 Å². The fraction of sp³-hybridized carbons (Fsp3) is 0.0652. The van der Waals surface area contributed by atoms with E-state index in [1.165, 1.54) is 43.1 Å². The molecule has 9 aromatic rings. The minimum atomic E-state index is -0.0975. The molecule has 0 amide bonds. The average molecular weight is 658 g/mol. The first kappa shape index (κ1) is 29.0. The summed E-state index contributed by atoms with van der Waals surface area (Å²) >= 11 is 1.76. The highest BCUT2D eigenvalue weighted by Gasteiger charge is 2.35. The van der Waals surface area contributed by atoms with Gasteiger partial charge in [-0.1, -0.05) is 141 Å². The van der Waals surface area contributed by atoms with Crippen molar-refractivity contribution in [2.75, 3.05) is 0 Å². The largest absolute Gasteiger partial charge is 0.236 e. The van der Waals surface area contributed by atoms with Crippen LogP contribution in [0.15, 0.2) is 152 Å². The maximum atomic E-state index is 5.33. The van der Waals surface area contributed by atoms with E-state index in [-0.39, 0.29) is 5.41 Å². The van der Waals surface area contributed by atoms with Gasteiger partial charge in [0.25, 0.3) is 0 Å². The van der Waals surface area contributed by atoms with Gasteiger partial charge in [0.2, 0.25) is 0 Å². The molecule has 4 heteroatoms. The number of pyridine rings is 1. The molecule has 0 atom stereocenters. The number of rotatable bonds is 4. The van der Waals surface area contributed by atoms with Gasteiger partial charge in [-0.15, -0.1) is 11.3 Å². The van der Waals surface area contributed by atoms with Crippen molar-refractivity contribution in [1.82, 2.24) is 15.0 Å². The highest BCUT2D eigenvalue weighted by molar-refractivity contribution is 7.25. The zero-order valence-electron chi connectivity index (χ0n) is 27.7. The first-order valence-electron chi connectivity index (χ1n) is 17.0. The van der Waals surface area contributed by atoms with Crippen molar-refractivity contribution >= 4 is 42.4 Å². The minimum Gasteiger partial charge on any atom is -0.236 e. The normalized spacial score (nSPS) is 13.2. The lowest BCUT2D eigenvalue weighted by Crippen LogP contribution is -2.14. The smallest absolute Gasteiger partial charge is 0.160 e. The molecule has 0 saturated heterocycles. The third-order valence-corrected chi connectivity index (χ3v) is 11.4. The SMILES string of the molecule is CC1(C)c2ccccc2-c2ccc(-c3cc(-c4cccc(-c5nc6sc7ccccc7c6c6ccccc56)c4)nc(-c4ccccc4)n3)cc21. The van der Waals surface area contributed by atoms with Crippen molar-refractivity contribution in [3.63, 3.8) is 0 Å². The molecular formula is C46H31N3S. The Morgan fingerprint density at radius 3 is 1.94 bits per heavy atom. The molecule has 236 valence electrons. The topological polar surface area (TPSA) is 38.7 Å². The van der Waals surface area contributed by atoms with Crippen LogP contribution in [0.4, 0.5) is 0 Å². The predicted octanol–water partition coefficient (Wildman–Crippen LogP) is 12.4. The van der Waals surface area contributed by atoms with Gasteiger partial charge in [-0.3, -0.25) is 0 Å². The van der Waals surface area contributed by atoms with Crippen LogP contribution in [0, 0.1) is 0 Å². The summed E-state index contributed by atoms with van der Waals surface area (Å²) in [6, 6.07) is 53.9. The lowest BCUT2D eigenvalue weighted by Gasteiger charge is -2.22. The van der Waals surface area contributed by atoms with E-state index >= 15 is 0 Å². The zero-order chi connectivity index (χ0) is 33.4. The molecule has 3 heterocycles. The van der Waals surface area contributed by atoms with Gasteiger partial charge in [0, 0.05) is 48.5 Å². The van der Waals surface area contributed by atoms with Gasteiger partial charge >= 0.3 is 0 Å². The summed E-state index contributed by atoms with van der Waals surface area (Å²) in [6.07, 6.45) is 0. The van der Waals surface area contributed by atoms with Crippen LogP contribution in [-0.2, 0) is 5.41 Å². The summed E-state index contributed by atoms with van der Waals surface area (Å²) in [6.45, 7) is 4.64. The van der Waals surface area contributed by atoms with Crippen molar-refractivity contribution in [3.05, 3.63) is 163 Å². The molecule has 10 rings (SSSR count). The molecule has 0 spiro atoms. The summed E-state index contributed by atoms with van der Waals surface area (Å²) < 4.78 is 1.26. The van der Waals surface area contributed by atoms with Crippen LogP contribution in [-0.4, -0.2) is 15.0 Å². The van der Waals surface area contributed by atoms with Gasteiger partial charge in [0.15, 0.2) is 5.82 Å². The van der Waals surface area contributed by atoms with E-state index < -0.39 is 0 Å². The zero-order valence-corrected chi connectivity index (χ0v) is 28.5. The molecule has 0 saturated carbocycles. The number of nitrogens with zero attached hydrogens (tertiary/aromatic N) is 3. The number of thiophene rings is 1. The maximum absolute atomic E-state index is 5.33. The number of benzene rings is 6. The van der Waals surface area contributed by atoms with Crippen molar-refractivity contribution in [2.45, 2.75) is 19.3 Å². The van der Waals surface area contributed by atoms with Crippen molar-refractivity contribution in [2.24, 2.45) is 0 Å². The molecule has 0 bridgehead atoms. The molecule has 0 radical (unpaired) electrons. The molecule has 50 heavy (non-hydrogen) atoms. The summed E-state index contributed by atoms with van der Waals surface area (Å²) in [7, 11) is 0. The van der Waals surface area contributed by atoms with Gasteiger partial charge in [-0.05, 0) is 51.9 Å². The Morgan fingerprint density at radius 2 is 1.10 bits per heavy atom. The van der Waals surface area contributed by atoms with Crippen molar-refractivity contribution in [3.8, 4) is 56.3 Å². The van der Waals surface area contributed by atoms with Crippen LogP contribution in [0.25, 0.3) is 87.4 Å². The average Bonchev–Trinajstić information content (AvgIpc) is 3.66. The fourth-order valence-corrected chi connectivity index (χ4v) is 8.90. The Morgan fingerprint density at radius 1 is 0.460 bits per heavy atom. The van der Waals surface area contributed by atoms with E-state index in [1.54, 1.807) is 11.3 Å². The number of hydrogen-bond acceptors (Lipinski definition) is 4. The monoisotopic (exact) mass is 657 g/mol. The highest BCUT2D eigenvalue weighted by Crippen LogP contribution is 2.49. The minimum absolute atomic E-state index is 0.0975. The number of aromatic nitrogens is 3. The van der Waals surface area contributed by atoms with Gasteiger partial charge in [0.1, 0.15) is 4.83 Å². The van der Waals surface area contributed by atoms with Gasteiger partial charge in [0.05, 0.1) is 17.1 Å². The first-order chi connectivity index (χ1) is 24.5. The molecule has 0 aliphatic heterocycles. The molecule has 0 N–H and O–H groups in total. The van der Waals surface area contributed by atoms with Crippen LogP contribution in [0.5, 0.6) is 0 Å². The van der Waals surface area contributed by atoms with Crippen molar-refractivity contribution in [1.29, 1.82) is 0 Å². The maximum Gasteiger partial charge on any atom is 0.160 e.